The smallest absolute Gasteiger partial charge is 0.486 e. The number of ether oxygens (including phenoxy) is 2. The van der Waals surface area contributed by atoms with Gasteiger partial charge in [0.2, 0.25) is 0 Å². The van der Waals surface area contributed by atoms with Crippen molar-refractivity contribution in [1.82, 2.24) is 9.88 Å². The average Bonchev–Trinajstić information content (AvgIpc) is 3.39. The number of rotatable bonds is 3. The third-order valence-electron chi connectivity index (χ3n) is 4.95. The van der Waals surface area contributed by atoms with Crippen molar-refractivity contribution in [3.05, 3.63) is 46.9 Å². The highest BCUT2D eigenvalue weighted by Gasteiger charge is 2.45. The predicted octanol–water partition coefficient (Wildman–Crippen LogP) is 3.62. The molecule has 2 aromatic heterocycles. The van der Waals surface area contributed by atoms with E-state index in [1.54, 1.807) is 23.7 Å². The zero-order valence-electron chi connectivity index (χ0n) is 16.4. The summed E-state index contributed by atoms with van der Waals surface area (Å²) in [4.78, 5) is 27.5. The molecule has 0 aliphatic carbocycles. The Kier molecular flexibility index (Phi) is 7.16. The summed E-state index contributed by atoms with van der Waals surface area (Å²) in [5.74, 6) is -1.88. The van der Waals surface area contributed by atoms with Crippen molar-refractivity contribution in [1.29, 1.82) is 0 Å². The summed E-state index contributed by atoms with van der Waals surface area (Å²) in [6.07, 6.45) is 1.15. The average molecular weight is 458 g/mol. The Balaban J connectivity index is 0.000000339. The summed E-state index contributed by atoms with van der Waals surface area (Å²) in [6, 6.07) is 5.66. The number of halogens is 3. The van der Waals surface area contributed by atoms with Crippen molar-refractivity contribution >= 4 is 23.2 Å². The van der Waals surface area contributed by atoms with Crippen LogP contribution < -0.4 is 4.74 Å². The van der Waals surface area contributed by atoms with Crippen LogP contribution in [0.15, 0.2) is 41.4 Å². The topological polar surface area (TPSA) is 89.0 Å². The van der Waals surface area contributed by atoms with Gasteiger partial charge in [0.15, 0.2) is 0 Å². The van der Waals surface area contributed by atoms with Crippen LogP contribution in [0.5, 0.6) is 5.75 Å². The van der Waals surface area contributed by atoms with Crippen LogP contribution in [0.25, 0.3) is 0 Å². The van der Waals surface area contributed by atoms with E-state index in [9.17, 15) is 18.0 Å². The van der Waals surface area contributed by atoms with E-state index in [0.717, 1.165) is 37.1 Å². The number of aromatic nitrogens is 1. The maximum Gasteiger partial charge on any atom is 0.490 e. The number of carbonyl (C=O) groups excluding carboxylic acids is 1. The summed E-state index contributed by atoms with van der Waals surface area (Å²) >= 11 is 1.55. The second kappa shape index (κ2) is 9.65. The SMILES string of the molecule is O=C(O)C(F)(F)F.O=C(c1ccsc1)N1CCCC2(CC(Oc3cccnc3)CO2)C1. The van der Waals surface area contributed by atoms with Crippen LogP contribution in [0.2, 0.25) is 0 Å². The fraction of sp³-hybridized carbons (Fsp3) is 0.450. The van der Waals surface area contributed by atoms with E-state index in [4.69, 9.17) is 19.4 Å². The van der Waals surface area contributed by atoms with E-state index in [1.165, 1.54) is 0 Å². The summed E-state index contributed by atoms with van der Waals surface area (Å²) in [5, 5.41) is 11.0. The van der Waals surface area contributed by atoms with E-state index >= 15 is 0 Å². The highest BCUT2D eigenvalue weighted by atomic mass is 32.1. The molecular weight excluding hydrogens is 437 g/mol. The summed E-state index contributed by atoms with van der Waals surface area (Å²) in [5.41, 5.74) is 0.509. The molecule has 2 unspecified atom stereocenters. The van der Waals surface area contributed by atoms with Crippen LogP contribution in [-0.2, 0) is 9.53 Å². The van der Waals surface area contributed by atoms with Gasteiger partial charge < -0.3 is 19.5 Å². The number of hydrogen-bond acceptors (Lipinski definition) is 6. The molecule has 0 aromatic carbocycles. The van der Waals surface area contributed by atoms with Gasteiger partial charge in [0.25, 0.3) is 5.91 Å². The second-order valence-electron chi connectivity index (χ2n) is 7.27. The zero-order valence-corrected chi connectivity index (χ0v) is 17.2. The number of carboxylic acids is 1. The minimum atomic E-state index is -5.08. The molecule has 2 aliphatic rings. The number of hydrogen-bond donors (Lipinski definition) is 1. The number of likely N-dealkylation sites (tertiary alicyclic amines) is 1. The molecule has 0 saturated carbocycles. The van der Waals surface area contributed by atoms with Gasteiger partial charge in [-0.1, -0.05) is 0 Å². The summed E-state index contributed by atoms with van der Waals surface area (Å²) < 4.78 is 43.8. The maximum atomic E-state index is 12.6. The lowest BCUT2D eigenvalue weighted by molar-refractivity contribution is -0.192. The number of carboxylic acid groups (broad SMARTS) is 1. The first-order valence-corrected chi connectivity index (χ1v) is 10.4. The summed E-state index contributed by atoms with van der Waals surface area (Å²) in [7, 11) is 0. The number of nitrogens with zero attached hydrogens (tertiary/aromatic N) is 2. The zero-order chi connectivity index (χ0) is 22.5. The molecule has 2 saturated heterocycles. The quantitative estimate of drug-likeness (QED) is 0.756. The number of alkyl halides is 3. The first kappa shape index (κ1) is 23.0. The summed E-state index contributed by atoms with van der Waals surface area (Å²) in [6.45, 7) is 2.01. The molecule has 0 bridgehead atoms. The van der Waals surface area contributed by atoms with Crippen LogP contribution in [0.4, 0.5) is 13.2 Å². The van der Waals surface area contributed by atoms with Gasteiger partial charge in [-0.15, -0.1) is 0 Å². The Labute approximate surface area is 180 Å². The van der Waals surface area contributed by atoms with Crippen molar-refractivity contribution in [2.45, 2.75) is 37.1 Å². The Bertz CT molecular complexity index is 879. The van der Waals surface area contributed by atoms with Crippen molar-refractivity contribution in [3.63, 3.8) is 0 Å². The van der Waals surface area contributed by atoms with E-state index in [1.807, 2.05) is 33.9 Å². The number of thiophene rings is 1. The van der Waals surface area contributed by atoms with E-state index in [0.29, 0.717) is 13.2 Å². The van der Waals surface area contributed by atoms with Crippen LogP contribution in [0.3, 0.4) is 0 Å². The molecule has 1 amide bonds. The largest absolute Gasteiger partial charge is 0.490 e. The van der Waals surface area contributed by atoms with Gasteiger partial charge in [0.1, 0.15) is 11.9 Å². The van der Waals surface area contributed by atoms with Crippen LogP contribution in [0, 0.1) is 0 Å². The van der Waals surface area contributed by atoms with Gasteiger partial charge in [-0.3, -0.25) is 9.78 Å². The Morgan fingerprint density at radius 2 is 2.13 bits per heavy atom. The van der Waals surface area contributed by atoms with Gasteiger partial charge in [0, 0.05) is 24.5 Å². The number of piperidine rings is 1. The highest BCUT2D eigenvalue weighted by molar-refractivity contribution is 7.08. The van der Waals surface area contributed by atoms with Crippen LogP contribution >= 0.6 is 11.3 Å². The van der Waals surface area contributed by atoms with E-state index < -0.39 is 12.1 Å². The van der Waals surface area contributed by atoms with Crippen LogP contribution in [0.1, 0.15) is 29.6 Å². The first-order chi connectivity index (χ1) is 14.7. The van der Waals surface area contributed by atoms with Crippen molar-refractivity contribution in [3.8, 4) is 5.75 Å². The fourth-order valence-electron chi connectivity index (χ4n) is 3.61. The molecule has 4 heterocycles. The molecule has 1 spiro atoms. The van der Waals surface area contributed by atoms with Gasteiger partial charge >= 0.3 is 12.1 Å². The molecule has 31 heavy (non-hydrogen) atoms. The van der Waals surface area contributed by atoms with Gasteiger partial charge in [0.05, 0.1) is 30.5 Å². The molecule has 7 nitrogen and oxygen atoms in total. The molecule has 168 valence electrons. The number of aliphatic carboxylic acids is 1. The van der Waals surface area contributed by atoms with E-state index in [-0.39, 0.29) is 17.6 Å². The number of carbonyl (C=O) groups is 2. The third-order valence-corrected chi connectivity index (χ3v) is 5.63. The second-order valence-corrected chi connectivity index (χ2v) is 8.05. The van der Waals surface area contributed by atoms with Crippen LogP contribution in [-0.4, -0.2) is 64.4 Å². The molecule has 2 aromatic rings. The molecular formula is C20H21F3N2O5S. The first-order valence-electron chi connectivity index (χ1n) is 9.51. The van der Waals surface area contributed by atoms with Gasteiger partial charge in [-0.2, -0.15) is 24.5 Å². The number of pyridine rings is 1. The highest BCUT2D eigenvalue weighted by Crippen LogP contribution is 2.36. The minimum absolute atomic E-state index is 0.0189. The van der Waals surface area contributed by atoms with Crippen molar-refractivity contribution in [2.75, 3.05) is 19.7 Å². The van der Waals surface area contributed by atoms with Gasteiger partial charge in [-0.25, -0.2) is 4.79 Å². The lowest BCUT2D eigenvalue weighted by Crippen LogP contribution is -2.50. The standard InChI is InChI=1S/C18H20N2O3S.C2HF3O2/c21-17(14-4-8-24-12-14)20-7-2-5-18(13-20)9-16(11-22-18)23-15-3-1-6-19-10-15;3-2(4,5)1(6)7/h1,3-4,6,8,10,12,16H,2,5,7,9,11,13H2;(H,6,7). The third kappa shape index (κ3) is 6.17. The molecule has 4 rings (SSSR count). The Hall–Kier alpha value is -2.66. The van der Waals surface area contributed by atoms with Crippen molar-refractivity contribution < 1.29 is 37.3 Å². The maximum absolute atomic E-state index is 12.6. The predicted molar refractivity (Wildman–Crippen MR) is 105 cm³/mol. The van der Waals surface area contributed by atoms with E-state index in [2.05, 4.69) is 4.98 Å². The molecule has 11 heteroatoms. The minimum Gasteiger partial charge on any atom is -0.486 e. The lowest BCUT2D eigenvalue weighted by atomic mass is 9.89. The van der Waals surface area contributed by atoms with Gasteiger partial charge in [-0.05, 0) is 36.4 Å². The van der Waals surface area contributed by atoms with Crippen molar-refractivity contribution in [2.24, 2.45) is 0 Å². The molecule has 2 aliphatic heterocycles. The monoisotopic (exact) mass is 458 g/mol. The molecule has 1 N–H and O–H groups in total. The molecule has 2 atom stereocenters. The molecule has 0 radical (unpaired) electrons. The molecule has 2 fully saturated rings. The lowest BCUT2D eigenvalue weighted by Gasteiger charge is -2.39. The normalized spacial score (nSPS) is 23.2. The number of amides is 1. The Morgan fingerprint density at radius 1 is 1.35 bits per heavy atom. The fourth-order valence-corrected chi connectivity index (χ4v) is 4.24. The Morgan fingerprint density at radius 3 is 2.74 bits per heavy atom.